The number of carbonyl (C=O) groups is 2. The summed E-state index contributed by atoms with van der Waals surface area (Å²) in [7, 11) is 0. The lowest BCUT2D eigenvalue weighted by molar-refractivity contribution is -0.167. The zero-order valence-electron chi connectivity index (χ0n) is 16.7. The van der Waals surface area contributed by atoms with Gasteiger partial charge in [-0.25, -0.2) is 9.59 Å². The maximum Gasteiger partial charge on any atom is 0.345 e. The average molecular weight is 386 g/mol. The van der Waals surface area contributed by atoms with Crippen molar-refractivity contribution in [3.63, 3.8) is 0 Å². The lowest BCUT2D eigenvalue weighted by Gasteiger charge is -2.28. The minimum absolute atomic E-state index is 0.240. The second-order valence-electron chi connectivity index (χ2n) is 7.81. The van der Waals surface area contributed by atoms with E-state index in [0.717, 1.165) is 21.7 Å². The Bertz CT molecular complexity index is 1250. The summed E-state index contributed by atoms with van der Waals surface area (Å²) in [6.45, 7) is 8.28. The monoisotopic (exact) mass is 386 g/mol. The summed E-state index contributed by atoms with van der Waals surface area (Å²) in [5, 5.41) is 6.92. The van der Waals surface area contributed by atoms with Gasteiger partial charge in [0.15, 0.2) is 6.61 Å². The van der Waals surface area contributed by atoms with E-state index >= 15 is 0 Å². The predicted octanol–water partition coefficient (Wildman–Crippen LogP) is 5.48. The third-order valence-corrected chi connectivity index (χ3v) is 5.22. The van der Waals surface area contributed by atoms with Crippen LogP contribution in [-0.4, -0.2) is 18.5 Å². The largest absolute Gasteiger partial charge is 0.452 e. The van der Waals surface area contributed by atoms with E-state index in [-0.39, 0.29) is 5.57 Å². The Balaban J connectivity index is 1.73. The molecule has 4 heteroatoms. The quantitative estimate of drug-likeness (QED) is 0.259. The minimum atomic E-state index is -0.894. The molecule has 0 aliphatic heterocycles. The molecule has 0 N–H and O–H groups in total. The highest BCUT2D eigenvalue weighted by Gasteiger charge is 2.28. The summed E-state index contributed by atoms with van der Waals surface area (Å²) >= 11 is 0. The minimum Gasteiger partial charge on any atom is -0.452 e. The van der Waals surface area contributed by atoms with Crippen LogP contribution in [-0.2, 0) is 24.7 Å². The van der Waals surface area contributed by atoms with Gasteiger partial charge in [0.1, 0.15) is 5.60 Å². The molecular weight excluding hydrogens is 364 g/mol. The molecule has 0 aromatic heterocycles. The molecule has 0 aliphatic rings. The molecule has 4 rings (SSSR count). The van der Waals surface area contributed by atoms with E-state index in [4.69, 9.17) is 9.47 Å². The van der Waals surface area contributed by atoms with Crippen molar-refractivity contribution in [3.8, 4) is 0 Å². The number of esters is 2. The van der Waals surface area contributed by atoms with Crippen LogP contribution in [0.15, 0.2) is 66.7 Å². The zero-order chi connectivity index (χ0) is 20.8. The van der Waals surface area contributed by atoms with Gasteiger partial charge in [-0.1, -0.05) is 61.2 Å². The maximum absolute atomic E-state index is 12.3. The molecule has 0 saturated heterocycles. The van der Waals surface area contributed by atoms with Gasteiger partial charge in [-0.2, -0.15) is 0 Å². The van der Waals surface area contributed by atoms with Gasteiger partial charge in [0.05, 0.1) is 0 Å². The Labute approximate surface area is 169 Å². The van der Waals surface area contributed by atoms with Gasteiger partial charge in [-0.15, -0.1) is 0 Å². The first-order valence-corrected chi connectivity index (χ1v) is 9.49. The highest BCUT2D eigenvalue weighted by atomic mass is 16.6. The second kappa shape index (κ2) is 6.89. The van der Waals surface area contributed by atoms with Crippen molar-refractivity contribution in [2.75, 3.05) is 6.61 Å². The van der Waals surface area contributed by atoms with Crippen LogP contribution in [0.5, 0.6) is 0 Å². The van der Waals surface area contributed by atoms with Crippen molar-refractivity contribution in [2.45, 2.75) is 26.4 Å². The van der Waals surface area contributed by atoms with E-state index in [2.05, 4.69) is 55.1 Å². The van der Waals surface area contributed by atoms with Crippen LogP contribution in [0.4, 0.5) is 0 Å². The summed E-state index contributed by atoms with van der Waals surface area (Å²) in [4.78, 5) is 23.8. The Morgan fingerprint density at radius 2 is 1.48 bits per heavy atom. The standard InChI is InChI=1S/C25H22O4/c1-15(2)24(27)28-14-21(26)29-25(3,4)20-13-11-18-9-8-16-6-5-7-17-10-12-19(20)23(18)22(16)17/h5-13H,1,14H2,2-4H3. The molecule has 0 amide bonds. The Morgan fingerprint density at radius 1 is 0.897 bits per heavy atom. The predicted molar refractivity (Wildman–Crippen MR) is 115 cm³/mol. The molecule has 0 atom stereocenters. The van der Waals surface area contributed by atoms with Gasteiger partial charge in [0.25, 0.3) is 0 Å². The second-order valence-corrected chi connectivity index (χ2v) is 7.81. The number of rotatable bonds is 5. The van der Waals surface area contributed by atoms with Crippen molar-refractivity contribution in [3.05, 3.63) is 72.3 Å². The fourth-order valence-electron chi connectivity index (χ4n) is 3.88. The van der Waals surface area contributed by atoms with Crippen LogP contribution in [0, 0.1) is 0 Å². The van der Waals surface area contributed by atoms with Crippen molar-refractivity contribution < 1.29 is 19.1 Å². The van der Waals surface area contributed by atoms with Crippen LogP contribution < -0.4 is 0 Å². The Hall–Kier alpha value is -3.40. The molecule has 4 aromatic carbocycles. The van der Waals surface area contributed by atoms with Crippen LogP contribution >= 0.6 is 0 Å². The van der Waals surface area contributed by atoms with Gasteiger partial charge in [0.2, 0.25) is 0 Å². The molecule has 0 heterocycles. The molecule has 4 nitrogen and oxygen atoms in total. The molecule has 29 heavy (non-hydrogen) atoms. The summed E-state index contributed by atoms with van der Waals surface area (Å²) in [6.07, 6.45) is 0. The molecule has 0 fully saturated rings. The van der Waals surface area contributed by atoms with Gasteiger partial charge in [-0.3, -0.25) is 0 Å². The molecule has 0 unspecified atom stereocenters. The maximum atomic E-state index is 12.3. The molecule has 0 bridgehead atoms. The van der Waals surface area contributed by atoms with Crippen molar-refractivity contribution in [1.29, 1.82) is 0 Å². The highest BCUT2D eigenvalue weighted by Crippen LogP contribution is 2.39. The van der Waals surface area contributed by atoms with E-state index in [1.54, 1.807) is 0 Å². The first-order chi connectivity index (χ1) is 13.8. The normalized spacial score (nSPS) is 11.8. The van der Waals surface area contributed by atoms with E-state index in [9.17, 15) is 9.59 Å². The van der Waals surface area contributed by atoms with Gasteiger partial charge in [-0.05, 0) is 53.1 Å². The summed E-state index contributed by atoms with van der Waals surface area (Å²) in [5.41, 5.74) is 0.251. The van der Waals surface area contributed by atoms with Crippen LogP contribution in [0.2, 0.25) is 0 Å². The Kier molecular flexibility index (Phi) is 4.50. The van der Waals surface area contributed by atoms with Crippen LogP contribution in [0.25, 0.3) is 32.3 Å². The number of ether oxygens (including phenoxy) is 2. The summed E-state index contributed by atoms with van der Waals surface area (Å²) < 4.78 is 10.6. The van der Waals surface area contributed by atoms with E-state index < -0.39 is 24.1 Å². The molecule has 0 aliphatic carbocycles. The number of benzene rings is 4. The fourth-order valence-corrected chi connectivity index (χ4v) is 3.88. The number of hydrogen-bond donors (Lipinski definition) is 0. The van der Waals surface area contributed by atoms with Crippen molar-refractivity contribution in [1.82, 2.24) is 0 Å². The first-order valence-electron chi connectivity index (χ1n) is 9.49. The number of hydrogen-bond acceptors (Lipinski definition) is 4. The molecule has 4 aromatic rings. The zero-order valence-corrected chi connectivity index (χ0v) is 16.7. The van der Waals surface area contributed by atoms with E-state index in [1.807, 2.05) is 19.9 Å². The van der Waals surface area contributed by atoms with E-state index in [0.29, 0.717) is 0 Å². The SMILES string of the molecule is C=C(C)C(=O)OCC(=O)OC(C)(C)c1ccc2ccc3cccc4ccc1c2c34. The summed E-state index contributed by atoms with van der Waals surface area (Å²) in [6, 6.07) is 18.7. The van der Waals surface area contributed by atoms with Crippen molar-refractivity contribution >= 4 is 44.3 Å². The molecular formula is C25H22O4. The summed E-state index contributed by atoms with van der Waals surface area (Å²) in [5.74, 6) is -1.21. The third kappa shape index (κ3) is 3.31. The molecule has 0 spiro atoms. The lowest BCUT2D eigenvalue weighted by Crippen LogP contribution is -2.29. The fraction of sp³-hybridized carbons (Fsp3) is 0.200. The lowest BCUT2D eigenvalue weighted by atomic mass is 9.87. The topological polar surface area (TPSA) is 52.6 Å². The Morgan fingerprint density at radius 3 is 2.14 bits per heavy atom. The molecule has 0 radical (unpaired) electrons. The number of carbonyl (C=O) groups excluding carboxylic acids is 2. The van der Waals surface area contributed by atoms with Gasteiger partial charge in [0, 0.05) is 11.1 Å². The molecule has 0 saturated carbocycles. The first kappa shape index (κ1) is 18.9. The van der Waals surface area contributed by atoms with E-state index in [1.165, 1.54) is 23.1 Å². The average Bonchev–Trinajstić information content (AvgIpc) is 2.69. The van der Waals surface area contributed by atoms with Gasteiger partial charge < -0.3 is 9.47 Å². The molecule has 146 valence electrons. The highest BCUT2D eigenvalue weighted by molar-refractivity contribution is 6.23. The smallest absolute Gasteiger partial charge is 0.345 e. The van der Waals surface area contributed by atoms with Crippen molar-refractivity contribution in [2.24, 2.45) is 0 Å². The van der Waals surface area contributed by atoms with Gasteiger partial charge >= 0.3 is 11.9 Å². The van der Waals surface area contributed by atoms with Crippen LogP contribution in [0.1, 0.15) is 26.3 Å². The van der Waals surface area contributed by atoms with Crippen LogP contribution in [0.3, 0.4) is 0 Å². The third-order valence-electron chi connectivity index (χ3n) is 5.22.